The summed E-state index contributed by atoms with van der Waals surface area (Å²) in [5, 5.41) is 9.59. The normalized spacial score (nSPS) is 26.0. The highest BCUT2D eigenvalue weighted by Crippen LogP contribution is 2.60. The predicted molar refractivity (Wildman–Crippen MR) is 199 cm³/mol. The van der Waals surface area contributed by atoms with Gasteiger partial charge >= 0.3 is 5.97 Å². The number of aliphatic hydroxyl groups excluding tert-OH is 1. The van der Waals surface area contributed by atoms with Crippen molar-refractivity contribution >= 4 is 45.3 Å². The van der Waals surface area contributed by atoms with Gasteiger partial charge in [-0.1, -0.05) is 76.6 Å². The van der Waals surface area contributed by atoms with Crippen LogP contribution >= 0.6 is 15.9 Å². The summed E-state index contributed by atoms with van der Waals surface area (Å²) in [5.74, 6) is -3.33. The SMILES string of the molecule is C=CCCC(=O)N(C)[C@@H](C)[C@@H](OC(=O)[C@@H]1[C@H]2O[C@@]3(CC2Br)[C@H](C(=O)N(CC=C)c2c(C)cccc2C)N(CCCCO)C(=O)[C@@H]13)c1ccccc1. The molecule has 3 heterocycles. The van der Waals surface area contributed by atoms with Gasteiger partial charge in [-0.15, -0.1) is 13.2 Å². The van der Waals surface area contributed by atoms with E-state index in [0.717, 1.165) is 16.8 Å². The molecule has 3 amide bonds. The number of alkyl halides is 1. The maximum absolute atomic E-state index is 15.0. The van der Waals surface area contributed by atoms with E-state index in [-0.39, 0.29) is 48.7 Å². The summed E-state index contributed by atoms with van der Waals surface area (Å²) in [6.07, 6.45) is 3.86. The number of aliphatic hydroxyl groups is 1. The maximum atomic E-state index is 15.0. The highest BCUT2D eigenvalue weighted by Gasteiger charge is 2.77. The Labute approximate surface area is 309 Å². The first-order valence-electron chi connectivity index (χ1n) is 17.8. The summed E-state index contributed by atoms with van der Waals surface area (Å²) in [5.41, 5.74) is 1.97. The van der Waals surface area contributed by atoms with Gasteiger partial charge in [-0.25, -0.2) is 0 Å². The molecule has 0 aliphatic carbocycles. The topological polar surface area (TPSA) is 117 Å². The number of para-hydroxylation sites is 1. The van der Waals surface area contributed by atoms with Crippen LogP contribution in [0.5, 0.6) is 0 Å². The molecule has 2 bridgehead atoms. The van der Waals surface area contributed by atoms with E-state index in [1.807, 2.05) is 69.3 Å². The second-order valence-corrected chi connectivity index (χ2v) is 15.1. The van der Waals surface area contributed by atoms with Crippen molar-refractivity contribution in [2.24, 2.45) is 11.8 Å². The fourth-order valence-corrected chi connectivity index (χ4v) is 9.18. The molecular formula is C40H50BrN3O7. The minimum atomic E-state index is -1.29. The Kier molecular flexibility index (Phi) is 12.2. The molecule has 10 nitrogen and oxygen atoms in total. The zero-order valence-corrected chi connectivity index (χ0v) is 31.6. The van der Waals surface area contributed by atoms with E-state index in [1.165, 1.54) is 0 Å². The average Bonchev–Trinajstić information content (AvgIpc) is 3.71. The number of benzene rings is 2. The molecule has 3 saturated heterocycles. The van der Waals surface area contributed by atoms with Crippen LogP contribution in [0.2, 0.25) is 0 Å². The van der Waals surface area contributed by atoms with Crippen molar-refractivity contribution in [3.63, 3.8) is 0 Å². The third kappa shape index (κ3) is 7.17. The van der Waals surface area contributed by atoms with Gasteiger partial charge in [0.25, 0.3) is 5.91 Å². The summed E-state index contributed by atoms with van der Waals surface area (Å²) < 4.78 is 13.1. The van der Waals surface area contributed by atoms with E-state index < -0.39 is 47.7 Å². The molecule has 2 aromatic rings. The molecule has 5 rings (SSSR count). The second-order valence-electron chi connectivity index (χ2n) is 13.9. The Balaban J connectivity index is 1.53. The van der Waals surface area contributed by atoms with Gasteiger partial charge in [0.15, 0.2) is 0 Å². The number of halogens is 1. The fourth-order valence-electron chi connectivity index (χ4n) is 8.24. The molecule has 274 valence electrons. The number of nitrogens with zero attached hydrogens (tertiary/aromatic N) is 3. The first-order valence-corrected chi connectivity index (χ1v) is 18.7. The number of likely N-dealkylation sites (tertiary alicyclic amines) is 1. The average molecular weight is 765 g/mol. The molecule has 51 heavy (non-hydrogen) atoms. The zero-order chi connectivity index (χ0) is 37.0. The first-order chi connectivity index (χ1) is 24.4. The number of aryl methyl sites for hydroxylation is 2. The molecule has 11 heteroatoms. The van der Waals surface area contributed by atoms with Crippen molar-refractivity contribution in [2.75, 3.05) is 31.6 Å². The number of amides is 3. The second kappa shape index (κ2) is 16.3. The van der Waals surface area contributed by atoms with Crippen LogP contribution in [0.15, 0.2) is 73.8 Å². The van der Waals surface area contributed by atoms with Gasteiger partial charge < -0.3 is 29.3 Å². The highest BCUT2D eigenvalue weighted by molar-refractivity contribution is 9.09. The number of anilines is 1. The minimum Gasteiger partial charge on any atom is -0.455 e. The molecule has 2 aromatic carbocycles. The Hall–Kier alpha value is -3.80. The Morgan fingerprint density at radius 3 is 2.41 bits per heavy atom. The van der Waals surface area contributed by atoms with Gasteiger partial charge in [-0.2, -0.15) is 0 Å². The smallest absolute Gasteiger partial charge is 0.313 e. The van der Waals surface area contributed by atoms with Crippen molar-refractivity contribution in [1.29, 1.82) is 0 Å². The van der Waals surface area contributed by atoms with Gasteiger partial charge in [0.2, 0.25) is 11.8 Å². The quantitative estimate of drug-likeness (QED) is 0.105. The van der Waals surface area contributed by atoms with E-state index in [0.29, 0.717) is 31.2 Å². The molecule has 0 saturated carbocycles. The van der Waals surface area contributed by atoms with Crippen LogP contribution in [0.25, 0.3) is 0 Å². The van der Waals surface area contributed by atoms with Crippen LogP contribution in [0.1, 0.15) is 61.8 Å². The molecule has 1 N–H and O–H groups in total. The molecular weight excluding hydrogens is 714 g/mol. The largest absolute Gasteiger partial charge is 0.455 e. The molecule has 1 unspecified atom stereocenters. The Morgan fingerprint density at radius 1 is 1.10 bits per heavy atom. The van der Waals surface area contributed by atoms with Gasteiger partial charge in [-0.05, 0) is 63.1 Å². The molecule has 1 spiro atoms. The zero-order valence-electron chi connectivity index (χ0n) is 30.0. The summed E-state index contributed by atoms with van der Waals surface area (Å²) >= 11 is 3.76. The van der Waals surface area contributed by atoms with Crippen molar-refractivity contribution in [3.05, 3.63) is 90.5 Å². The van der Waals surface area contributed by atoms with Gasteiger partial charge in [-0.3, -0.25) is 19.2 Å². The summed E-state index contributed by atoms with van der Waals surface area (Å²) in [7, 11) is 1.69. The van der Waals surface area contributed by atoms with Crippen LogP contribution in [0.3, 0.4) is 0 Å². The lowest BCUT2D eigenvalue weighted by molar-refractivity contribution is -0.164. The number of carbonyl (C=O) groups excluding carboxylic acids is 4. The summed E-state index contributed by atoms with van der Waals surface area (Å²) in [6, 6.07) is 13.5. The van der Waals surface area contributed by atoms with Crippen LogP contribution in [-0.2, 0) is 28.7 Å². The number of hydrogen-bond acceptors (Lipinski definition) is 7. The molecule has 8 atom stereocenters. The molecule has 3 aliphatic rings. The lowest BCUT2D eigenvalue weighted by Crippen LogP contribution is -2.57. The van der Waals surface area contributed by atoms with E-state index in [9.17, 15) is 24.3 Å². The van der Waals surface area contributed by atoms with Crippen LogP contribution < -0.4 is 4.90 Å². The van der Waals surface area contributed by atoms with E-state index in [1.54, 1.807) is 33.9 Å². The minimum absolute atomic E-state index is 0.0548. The Morgan fingerprint density at radius 2 is 1.78 bits per heavy atom. The fraction of sp³-hybridized carbons (Fsp3) is 0.500. The van der Waals surface area contributed by atoms with Crippen molar-refractivity contribution in [1.82, 2.24) is 9.80 Å². The summed E-state index contributed by atoms with van der Waals surface area (Å²) in [4.78, 5) is 61.7. The van der Waals surface area contributed by atoms with Gasteiger partial charge in [0.05, 0.1) is 24.0 Å². The number of esters is 1. The molecule has 0 radical (unpaired) electrons. The number of rotatable bonds is 16. The first kappa shape index (κ1) is 38.4. The lowest BCUT2D eigenvalue weighted by atomic mass is 9.70. The molecule has 0 aromatic heterocycles. The highest BCUT2D eigenvalue weighted by atomic mass is 79.9. The molecule has 3 fully saturated rings. The number of ether oxygens (including phenoxy) is 2. The number of carbonyl (C=O) groups is 4. The van der Waals surface area contributed by atoms with E-state index in [2.05, 4.69) is 29.1 Å². The monoisotopic (exact) mass is 763 g/mol. The number of allylic oxidation sites excluding steroid dienone is 1. The predicted octanol–water partition coefficient (Wildman–Crippen LogP) is 5.44. The van der Waals surface area contributed by atoms with E-state index >= 15 is 0 Å². The van der Waals surface area contributed by atoms with Crippen molar-refractivity contribution < 1.29 is 33.8 Å². The van der Waals surface area contributed by atoms with Crippen molar-refractivity contribution in [3.8, 4) is 0 Å². The van der Waals surface area contributed by atoms with Crippen LogP contribution in [0, 0.1) is 25.7 Å². The van der Waals surface area contributed by atoms with Crippen molar-refractivity contribution in [2.45, 2.75) is 87.6 Å². The Bertz CT molecular complexity index is 1610. The summed E-state index contributed by atoms with van der Waals surface area (Å²) in [6.45, 7) is 13.7. The van der Waals surface area contributed by atoms with Crippen LogP contribution in [0.4, 0.5) is 5.69 Å². The number of hydrogen-bond donors (Lipinski definition) is 1. The number of fused-ring (bicyclic) bond motifs is 1. The van der Waals surface area contributed by atoms with E-state index in [4.69, 9.17) is 9.47 Å². The standard InChI is InChI=1S/C40H50BrN3O7/c1-7-9-20-30(46)42(6)27(5)34(28-18-11-10-12-19-28)50-39(49)31-32-37(47)44(22-13-14-23-45)36(40(32)24-29(41)35(31)51-40)38(48)43(21-8-2)33-25(3)16-15-17-26(33)4/h7-8,10-12,15-19,27,29,31-32,34-36,45H,1-2,9,13-14,20-24H2,3-6H3/t27-,29?,31-,32+,34+,35-,36-,40+/m0/s1. The van der Waals surface area contributed by atoms with Gasteiger partial charge in [0, 0.05) is 43.7 Å². The third-order valence-corrected chi connectivity index (χ3v) is 11.6. The maximum Gasteiger partial charge on any atom is 0.313 e. The number of unbranched alkanes of at least 4 members (excludes halogenated alkanes) is 1. The van der Waals surface area contributed by atoms with Crippen LogP contribution in [-0.4, -0.2) is 94.0 Å². The van der Waals surface area contributed by atoms with Gasteiger partial charge in [0.1, 0.15) is 17.7 Å². The third-order valence-electron chi connectivity index (χ3n) is 10.8. The lowest BCUT2D eigenvalue weighted by Gasteiger charge is -2.38. The molecule has 3 aliphatic heterocycles. The number of likely N-dealkylation sites (N-methyl/N-ethyl adjacent to an activating group) is 1.